The summed E-state index contributed by atoms with van der Waals surface area (Å²) in [6.07, 6.45) is 19.9. The van der Waals surface area contributed by atoms with Crippen LogP contribution in [0.4, 0.5) is 22.7 Å². The zero-order valence-electron chi connectivity index (χ0n) is 74.0. The number of anilines is 4. The monoisotopic (exact) mass is 1760 g/mol. The highest BCUT2D eigenvalue weighted by molar-refractivity contribution is 6.29. The van der Waals surface area contributed by atoms with E-state index in [1.165, 1.54) is 80.3 Å². The quantitative estimate of drug-likeness (QED) is 0.0538. The predicted octanol–water partition coefficient (Wildman–Crippen LogP) is 15.1. The third kappa shape index (κ3) is 16.4. The zero-order valence-corrected chi connectivity index (χ0v) is 74.0. The summed E-state index contributed by atoms with van der Waals surface area (Å²) in [5.41, 5.74) is 13.5. The Morgan fingerprint density at radius 3 is 1.09 bits per heavy atom. The van der Waals surface area contributed by atoms with Gasteiger partial charge in [0, 0.05) is 103 Å². The Bertz CT molecular complexity index is 6030. The molecule has 8 amide bonds. The van der Waals surface area contributed by atoms with Gasteiger partial charge in [-0.25, -0.2) is 19.6 Å². The van der Waals surface area contributed by atoms with Crippen molar-refractivity contribution < 1.29 is 80.3 Å². The maximum atomic E-state index is 14.3. The van der Waals surface area contributed by atoms with Gasteiger partial charge in [-0.3, -0.25) is 58.0 Å². The van der Waals surface area contributed by atoms with Gasteiger partial charge in [0.2, 0.25) is 23.6 Å². The van der Waals surface area contributed by atoms with Crippen LogP contribution in [-0.2, 0) is 116 Å². The largest absolute Gasteiger partial charge is 0.478 e. The summed E-state index contributed by atoms with van der Waals surface area (Å²) >= 11 is 0. The van der Waals surface area contributed by atoms with Crippen molar-refractivity contribution in [3.05, 3.63) is 334 Å². The van der Waals surface area contributed by atoms with Crippen LogP contribution in [0.25, 0.3) is 0 Å². The van der Waals surface area contributed by atoms with E-state index in [2.05, 4.69) is 127 Å². The molecular formula is C106H102N8O17. The Labute approximate surface area is 759 Å². The average molecular weight is 1760 g/mol. The van der Waals surface area contributed by atoms with Gasteiger partial charge in [0.15, 0.2) is 0 Å². The fraction of sp³-hybridized carbons (Fsp3) is 0.321. The highest BCUT2D eigenvalue weighted by Crippen LogP contribution is 2.56. The number of carbonyl (C=O) groups excluding carboxylic acids is 8. The van der Waals surface area contributed by atoms with Gasteiger partial charge in [-0.1, -0.05) is 156 Å². The number of fused-ring (bicyclic) bond motifs is 14. The maximum absolute atomic E-state index is 14.3. The number of imide groups is 4. The van der Waals surface area contributed by atoms with Crippen molar-refractivity contribution >= 4 is 70.0 Å². The van der Waals surface area contributed by atoms with Crippen molar-refractivity contribution in [3.8, 4) is 23.0 Å². The Balaban J connectivity index is 0.000000133. The lowest BCUT2D eigenvalue weighted by molar-refractivity contribution is -0.129. The van der Waals surface area contributed by atoms with Gasteiger partial charge in [0.05, 0.1) is 89.8 Å². The van der Waals surface area contributed by atoms with Crippen molar-refractivity contribution in [3.63, 3.8) is 0 Å². The van der Waals surface area contributed by atoms with E-state index in [0.29, 0.717) is 82.0 Å². The van der Waals surface area contributed by atoms with Crippen molar-refractivity contribution in [2.75, 3.05) is 73.3 Å². The van der Waals surface area contributed by atoms with E-state index in [-0.39, 0.29) is 64.2 Å². The van der Waals surface area contributed by atoms with Gasteiger partial charge in [-0.2, -0.15) is 0 Å². The number of amides is 8. The molecule has 0 radical (unpaired) electrons. The molecule has 13 aliphatic rings. The van der Waals surface area contributed by atoms with E-state index in [1.807, 2.05) is 128 Å². The maximum Gasteiger partial charge on any atom is 0.258 e. The summed E-state index contributed by atoms with van der Waals surface area (Å²) in [4.78, 5) is 116. The Kier molecular flexibility index (Phi) is 22.9. The van der Waals surface area contributed by atoms with Gasteiger partial charge in [-0.05, 0) is 181 Å². The Hall–Kier alpha value is -13.2. The van der Waals surface area contributed by atoms with E-state index >= 15 is 0 Å². The van der Waals surface area contributed by atoms with Crippen molar-refractivity contribution in [2.45, 2.75) is 140 Å². The lowest BCUT2D eigenvalue weighted by Crippen LogP contribution is -2.50. The van der Waals surface area contributed by atoms with Crippen LogP contribution in [0, 0.1) is 23.7 Å². The number of rotatable bonds is 19. The van der Waals surface area contributed by atoms with E-state index in [0.717, 1.165) is 124 Å². The fourth-order valence-corrected chi connectivity index (χ4v) is 20.4. The van der Waals surface area contributed by atoms with E-state index in [4.69, 9.17) is 42.0 Å². The highest BCUT2D eigenvalue weighted by atomic mass is 16.5. The summed E-state index contributed by atoms with van der Waals surface area (Å²) in [5.74, 6) is 1.18. The van der Waals surface area contributed by atoms with Crippen LogP contribution in [0.15, 0.2) is 264 Å². The molecule has 13 aliphatic heterocycles. The minimum absolute atomic E-state index is 0.187. The summed E-state index contributed by atoms with van der Waals surface area (Å²) in [5, 5.41) is 0. The smallest absolute Gasteiger partial charge is 0.258 e. The molecular weight excluding hydrogens is 1660 g/mol. The molecule has 8 atom stereocenters. The summed E-state index contributed by atoms with van der Waals surface area (Å²) in [7, 11) is 2.05. The van der Waals surface area contributed by atoms with Crippen molar-refractivity contribution in [2.24, 2.45) is 23.7 Å². The van der Waals surface area contributed by atoms with Crippen LogP contribution in [0.2, 0.25) is 0 Å². The molecule has 5 fully saturated rings. The number of benzene rings is 8. The second-order valence-corrected chi connectivity index (χ2v) is 37.0. The van der Waals surface area contributed by atoms with Gasteiger partial charge >= 0.3 is 0 Å². The Morgan fingerprint density at radius 1 is 0.382 bits per heavy atom. The average Bonchev–Trinajstić information content (AvgIpc) is 1.54. The minimum Gasteiger partial charge on any atom is -0.478 e. The highest BCUT2D eigenvalue weighted by Gasteiger charge is 2.69. The molecule has 4 bridgehead atoms. The number of carbonyl (C=O) groups is 8. The summed E-state index contributed by atoms with van der Waals surface area (Å²) in [6, 6.07) is 63.5. The summed E-state index contributed by atoms with van der Waals surface area (Å²) < 4.78 is 53.3. The summed E-state index contributed by atoms with van der Waals surface area (Å²) in [6.45, 7) is 20.0. The van der Waals surface area contributed by atoms with E-state index in [9.17, 15) is 38.4 Å². The lowest BCUT2D eigenvalue weighted by Gasteiger charge is -2.37. The molecule has 15 heterocycles. The lowest BCUT2D eigenvalue weighted by atomic mass is 9.76. The van der Waals surface area contributed by atoms with Crippen LogP contribution in [0.1, 0.15) is 132 Å². The van der Waals surface area contributed by atoms with Gasteiger partial charge in [0.1, 0.15) is 67.0 Å². The van der Waals surface area contributed by atoms with Gasteiger partial charge in [-0.15, -0.1) is 0 Å². The van der Waals surface area contributed by atoms with Crippen LogP contribution in [-0.4, -0.2) is 144 Å². The van der Waals surface area contributed by atoms with Crippen molar-refractivity contribution in [1.29, 1.82) is 0 Å². The number of furan rings is 2. The molecule has 0 aliphatic carbocycles. The Morgan fingerprint density at radius 2 is 0.725 bits per heavy atom. The molecule has 8 unspecified atom stereocenters. The molecule has 0 spiro atoms. The van der Waals surface area contributed by atoms with Gasteiger partial charge < -0.3 is 42.0 Å². The van der Waals surface area contributed by atoms with Crippen LogP contribution in [0.3, 0.4) is 0 Å². The number of hydrogen-bond acceptors (Lipinski definition) is 21. The third-order valence-electron chi connectivity index (χ3n) is 27.7. The topological polar surface area (TPSA) is 253 Å². The first-order chi connectivity index (χ1) is 63.4. The minimum atomic E-state index is -0.945. The first kappa shape index (κ1) is 85.8. The molecule has 131 heavy (non-hydrogen) atoms. The van der Waals surface area contributed by atoms with Crippen LogP contribution < -0.4 is 38.5 Å². The molecule has 668 valence electrons. The number of nitrogens with zero attached hydrogens (tertiary/aromatic N) is 8. The molecule has 0 N–H and O–H groups in total. The standard InChI is InChI=1S/C52H50N4O8.C29H30N2O4.C21H14N2O4.C4H8O/c1-5-51-20-18-38(63-51)42-44(51)48(59)55(46(42)57)36-14-6-30(7-15-36)22-31-8-16-37(17-9-31)56-47(58)43-39-19-21-52(64-39,45(43)49(56)60)27-54-26-33-11-13-35(24-41(33)62-29-54)50(2,3)34-12-10-32-25-53(4)28-61-40(32)23-34;1-29(2,23-9-7-21-15-30(19-34-27(21)13-23)17-25-5-3-11-32-25)24-10-8-22-16-31(20-35-28(22)14-24)18-26-6-4-12-33-26;24-18-9-10-19(25)22(18)16-5-1-14(2-6-16)13-15-3-7-17(8-4-15)23-20(26)11-12-21(23)27;1-2-4-5-3-1/h6-21,23-24,38-39,42-45H,5,22,25-29H2,1-4H3;3-14H,15-20H2,1-2H3;1-12H,13H2;1-4H2. The number of hydrogen-bond donors (Lipinski definition) is 0. The second-order valence-electron chi connectivity index (χ2n) is 37.0. The molecule has 25 nitrogen and oxygen atoms in total. The first-order valence-electron chi connectivity index (χ1n) is 44.9. The normalized spacial score (nSPS) is 23.8. The second kappa shape index (κ2) is 34.9. The first-order valence-corrected chi connectivity index (χ1v) is 44.9. The van der Waals surface area contributed by atoms with Crippen molar-refractivity contribution in [1.82, 2.24) is 19.6 Å². The molecule has 10 aromatic rings. The fourth-order valence-electron chi connectivity index (χ4n) is 20.4. The third-order valence-corrected chi connectivity index (χ3v) is 27.7. The van der Waals surface area contributed by atoms with E-state index in [1.54, 1.807) is 36.8 Å². The molecule has 25 heteroatoms. The molecule has 5 saturated heterocycles. The SMILES string of the molecule is C1CCOC1.CC(C)(c1ccc2c(c1)OCN(Cc1ccco1)C2)c1ccc2c(c1)OCN(Cc1ccco1)C2.CCC12C=CC(O1)C1C(=O)N(c3ccc(Cc4ccc(N5C(=O)C6C7C=CC(CN8COc9cc(C(C)(C)c%10ccc%11c(c%10)OCN(C)C%11)ccc9C8)(O7)C6C5=O)cc4)cc3)C(=O)C12.O=C1C=CC(=O)N1c1ccc(Cc2ccc(N3C(=O)C=CC3=O)cc2)cc1. The van der Waals surface area contributed by atoms with E-state index < -0.39 is 41.0 Å². The van der Waals surface area contributed by atoms with Crippen LogP contribution >= 0.6 is 0 Å². The molecule has 0 saturated carbocycles. The number of ether oxygens (including phenoxy) is 7. The predicted molar refractivity (Wildman–Crippen MR) is 487 cm³/mol. The zero-order chi connectivity index (χ0) is 90.2. The molecule has 8 aromatic carbocycles. The van der Waals surface area contributed by atoms with Crippen LogP contribution in [0.5, 0.6) is 23.0 Å². The molecule has 23 rings (SSSR count). The van der Waals surface area contributed by atoms with Gasteiger partial charge in [0.25, 0.3) is 23.6 Å². The molecule has 2 aromatic heterocycles.